The second-order valence-electron chi connectivity index (χ2n) is 5.89. The third-order valence-electron chi connectivity index (χ3n) is 3.86. The Hall–Kier alpha value is -0.580. The fourth-order valence-corrected chi connectivity index (χ4v) is 4.88. The topological polar surface area (TPSA) is 46.2 Å². The maximum absolute atomic E-state index is 11.7. The number of rotatable bonds is 5. The number of hydrogen-bond acceptors (Lipinski definition) is 3. The van der Waals surface area contributed by atoms with E-state index < -0.39 is 9.84 Å². The fraction of sp³-hybridized carbons (Fsp3) is 0.600. The van der Waals surface area contributed by atoms with Crippen molar-refractivity contribution >= 4 is 21.4 Å². The minimum Gasteiger partial charge on any atom is -0.314 e. The first kappa shape index (κ1) is 15.8. The number of hydrogen-bond donors (Lipinski definition) is 1. The highest BCUT2D eigenvalue weighted by Gasteiger charge is 2.34. The van der Waals surface area contributed by atoms with Gasteiger partial charge in [0.05, 0.1) is 11.5 Å². The van der Waals surface area contributed by atoms with Crippen molar-refractivity contribution in [2.45, 2.75) is 32.2 Å². The highest BCUT2D eigenvalue weighted by Crippen LogP contribution is 2.33. The third kappa shape index (κ3) is 4.21. The van der Waals surface area contributed by atoms with Crippen LogP contribution in [0.2, 0.25) is 5.02 Å². The zero-order valence-corrected chi connectivity index (χ0v) is 13.5. The Labute approximate surface area is 126 Å². The number of benzene rings is 1. The molecule has 2 atom stereocenters. The van der Waals surface area contributed by atoms with Crippen molar-refractivity contribution in [1.82, 2.24) is 5.32 Å². The molecule has 1 aromatic carbocycles. The molecule has 0 aliphatic carbocycles. The summed E-state index contributed by atoms with van der Waals surface area (Å²) < 4.78 is 23.5. The minimum absolute atomic E-state index is 0.185. The standard InChI is InChI=1S/C15H22ClNO2S/c1-11(2)17-9-15(12-4-3-5-14(16)8-12)13-6-7-20(18,19)10-13/h3-5,8,11,13,15,17H,6-7,9-10H2,1-2H3. The van der Waals surface area contributed by atoms with Crippen LogP contribution in [0.4, 0.5) is 0 Å². The molecular weight excluding hydrogens is 294 g/mol. The normalized spacial score (nSPS) is 23.1. The van der Waals surface area contributed by atoms with E-state index in [-0.39, 0.29) is 11.8 Å². The number of nitrogens with one attached hydrogen (secondary N) is 1. The Kier molecular flexibility index (Phi) is 5.10. The van der Waals surface area contributed by atoms with E-state index >= 15 is 0 Å². The van der Waals surface area contributed by atoms with Crippen LogP contribution in [0, 0.1) is 5.92 Å². The van der Waals surface area contributed by atoms with E-state index in [1.165, 1.54) is 0 Å². The molecule has 2 unspecified atom stereocenters. The van der Waals surface area contributed by atoms with Crippen molar-refractivity contribution in [3.8, 4) is 0 Å². The third-order valence-corrected chi connectivity index (χ3v) is 5.89. The molecule has 0 saturated carbocycles. The molecule has 0 radical (unpaired) electrons. The molecule has 0 spiro atoms. The van der Waals surface area contributed by atoms with Gasteiger partial charge in [0.1, 0.15) is 0 Å². The van der Waals surface area contributed by atoms with Gasteiger partial charge in [0.25, 0.3) is 0 Å². The van der Waals surface area contributed by atoms with Crippen LogP contribution in [0.25, 0.3) is 0 Å². The van der Waals surface area contributed by atoms with Crippen molar-refractivity contribution in [2.24, 2.45) is 5.92 Å². The van der Waals surface area contributed by atoms with Gasteiger partial charge in [-0.3, -0.25) is 0 Å². The molecule has 20 heavy (non-hydrogen) atoms. The molecule has 3 nitrogen and oxygen atoms in total. The number of halogens is 1. The molecule has 1 fully saturated rings. The Morgan fingerprint density at radius 1 is 1.40 bits per heavy atom. The lowest BCUT2D eigenvalue weighted by Crippen LogP contribution is -2.31. The van der Waals surface area contributed by atoms with Crippen LogP contribution in [0.1, 0.15) is 31.7 Å². The second kappa shape index (κ2) is 6.46. The van der Waals surface area contributed by atoms with Gasteiger partial charge in [-0.25, -0.2) is 8.42 Å². The summed E-state index contributed by atoms with van der Waals surface area (Å²) in [7, 11) is -2.86. The summed E-state index contributed by atoms with van der Waals surface area (Å²) in [6.07, 6.45) is 0.749. The second-order valence-corrected chi connectivity index (χ2v) is 8.55. The van der Waals surface area contributed by atoms with Crippen LogP contribution in [0.3, 0.4) is 0 Å². The molecule has 1 aromatic rings. The largest absolute Gasteiger partial charge is 0.314 e. The monoisotopic (exact) mass is 315 g/mol. The van der Waals surface area contributed by atoms with Gasteiger partial charge in [-0.2, -0.15) is 0 Å². The minimum atomic E-state index is -2.86. The lowest BCUT2D eigenvalue weighted by Gasteiger charge is -2.25. The zero-order chi connectivity index (χ0) is 14.8. The molecule has 5 heteroatoms. The van der Waals surface area contributed by atoms with Crippen LogP contribution in [0.5, 0.6) is 0 Å². The van der Waals surface area contributed by atoms with Crippen LogP contribution in [-0.2, 0) is 9.84 Å². The van der Waals surface area contributed by atoms with E-state index in [0.29, 0.717) is 22.6 Å². The molecule has 112 valence electrons. The Bertz CT molecular complexity index is 557. The van der Waals surface area contributed by atoms with Crippen molar-refractivity contribution in [1.29, 1.82) is 0 Å². The van der Waals surface area contributed by atoms with Gasteiger partial charge in [0.15, 0.2) is 9.84 Å². The summed E-state index contributed by atoms with van der Waals surface area (Å²) in [5.41, 5.74) is 1.13. The maximum Gasteiger partial charge on any atom is 0.150 e. The molecule has 1 aliphatic rings. The van der Waals surface area contributed by atoms with E-state index in [1.54, 1.807) is 0 Å². The Morgan fingerprint density at radius 2 is 2.15 bits per heavy atom. The SMILES string of the molecule is CC(C)NCC(c1cccc(Cl)c1)C1CCS(=O)(=O)C1. The van der Waals surface area contributed by atoms with Crippen LogP contribution < -0.4 is 5.32 Å². The Morgan fingerprint density at radius 3 is 2.70 bits per heavy atom. The first-order chi connectivity index (χ1) is 9.37. The lowest BCUT2D eigenvalue weighted by molar-refractivity contribution is 0.422. The van der Waals surface area contributed by atoms with E-state index in [9.17, 15) is 8.42 Å². The predicted octanol–water partition coefficient (Wildman–Crippen LogP) is 2.86. The summed E-state index contributed by atoms with van der Waals surface area (Å²) in [6, 6.07) is 8.17. The number of sulfone groups is 1. The van der Waals surface area contributed by atoms with Gasteiger partial charge in [-0.05, 0) is 30.0 Å². The molecule has 1 aliphatic heterocycles. The van der Waals surface area contributed by atoms with E-state index in [2.05, 4.69) is 19.2 Å². The zero-order valence-electron chi connectivity index (χ0n) is 12.0. The van der Waals surface area contributed by atoms with Crippen LogP contribution in [-0.4, -0.2) is 32.5 Å². The summed E-state index contributed by atoms with van der Waals surface area (Å²) in [6.45, 7) is 4.99. The maximum atomic E-state index is 11.7. The Balaban J connectivity index is 2.21. The molecule has 0 bridgehead atoms. The first-order valence-corrected chi connectivity index (χ1v) is 9.26. The smallest absolute Gasteiger partial charge is 0.150 e. The van der Waals surface area contributed by atoms with Gasteiger partial charge in [0.2, 0.25) is 0 Å². The van der Waals surface area contributed by atoms with Crippen molar-refractivity contribution < 1.29 is 8.42 Å². The highest BCUT2D eigenvalue weighted by molar-refractivity contribution is 7.91. The van der Waals surface area contributed by atoms with E-state index in [4.69, 9.17) is 11.6 Å². The van der Waals surface area contributed by atoms with Crippen molar-refractivity contribution in [3.63, 3.8) is 0 Å². The summed E-state index contributed by atoms with van der Waals surface area (Å²) in [5.74, 6) is 0.999. The van der Waals surface area contributed by atoms with E-state index in [0.717, 1.165) is 18.5 Å². The van der Waals surface area contributed by atoms with Gasteiger partial charge < -0.3 is 5.32 Å². The first-order valence-electron chi connectivity index (χ1n) is 7.06. The van der Waals surface area contributed by atoms with Crippen LogP contribution >= 0.6 is 11.6 Å². The molecular formula is C15H22ClNO2S. The van der Waals surface area contributed by atoms with Crippen LogP contribution in [0.15, 0.2) is 24.3 Å². The van der Waals surface area contributed by atoms with Crippen molar-refractivity contribution in [3.05, 3.63) is 34.9 Å². The average Bonchev–Trinajstić information content (AvgIpc) is 2.69. The average molecular weight is 316 g/mol. The predicted molar refractivity (Wildman–Crippen MR) is 84.1 cm³/mol. The lowest BCUT2D eigenvalue weighted by atomic mass is 9.85. The fourth-order valence-electron chi connectivity index (χ4n) is 2.80. The molecule has 1 saturated heterocycles. The highest BCUT2D eigenvalue weighted by atomic mass is 35.5. The molecule has 1 heterocycles. The van der Waals surface area contributed by atoms with Gasteiger partial charge in [-0.1, -0.05) is 37.6 Å². The molecule has 0 amide bonds. The quantitative estimate of drug-likeness (QED) is 0.909. The van der Waals surface area contributed by atoms with Gasteiger partial charge in [0, 0.05) is 23.5 Å². The summed E-state index contributed by atoms with van der Waals surface area (Å²) in [4.78, 5) is 0. The summed E-state index contributed by atoms with van der Waals surface area (Å²) in [5, 5.41) is 4.14. The summed E-state index contributed by atoms with van der Waals surface area (Å²) >= 11 is 6.08. The van der Waals surface area contributed by atoms with Gasteiger partial charge >= 0.3 is 0 Å². The van der Waals surface area contributed by atoms with Gasteiger partial charge in [-0.15, -0.1) is 0 Å². The van der Waals surface area contributed by atoms with E-state index in [1.807, 2.05) is 24.3 Å². The molecule has 2 rings (SSSR count). The molecule has 1 N–H and O–H groups in total. The van der Waals surface area contributed by atoms with Crippen molar-refractivity contribution in [2.75, 3.05) is 18.1 Å². The molecule has 0 aromatic heterocycles.